The average molecular weight is 475 g/mol. The van der Waals surface area contributed by atoms with Gasteiger partial charge in [-0.05, 0) is 55.8 Å². The van der Waals surface area contributed by atoms with Gasteiger partial charge in [0, 0.05) is 51.5 Å². The van der Waals surface area contributed by atoms with E-state index < -0.39 is 10.0 Å². The molecule has 2 heterocycles. The first kappa shape index (κ1) is 23.3. The largest absolute Gasteiger partial charge is 0.454 e. The quantitative estimate of drug-likeness (QED) is 0.664. The van der Waals surface area contributed by atoms with E-state index in [1.807, 2.05) is 32.0 Å². The molecule has 0 spiro atoms. The number of hydrogen-bond acceptors (Lipinski definition) is 6. The lowest BCUT2D eigenvalue weighted by atomic mass is 10.2. The molecular formula is C23H30N4O5S. The molecule has 0 aliphatic carbocycles. The van der Waals surface area contributed by atoms with Crippen molar-refractivity contribution in [3.63, 3.8) is 0 Å². The molecule has 2 aromatic carbocycles. The summed E-state index contributed by atoms with van der Waals surface area (Å²) in [6.07, 6.45) is 0. The van der Waals surface area contributed by atoms with Crippen LogP contribution < -0.4 is 14.8 Å². The number of carbonyl (C=O) groups excluding carboxylic acids is 1. The fourth-order valence-corrected chi connectivity index (χ4v) is 5.42. The Hall–Kier alpha value is -2.82. The van der Waals surface area contributed by atoms with Gasteiger partial charge < -0.3 is 19.7 Å². The molecule has 33 heavy (non-hydrogen) atoms. The third kappa shape index (κ3) is 5.23. The Morgan fingerprint density at radius 3 is 2.30 bits per heavy atom. The molecule has 0 aromatic heterocycles. The predicted molar refractivity (Wildman–Crippen MR) is 125 cm³/mol. The maximum Gasteiger partial charge on any atom is 0.321 e. The van der Waals surface area contributed by atoms with Crippen molar-refractivity contribution in [1.29, 1.82) is 0 Å². The van der Waals surface area contributed by atoms with Gasteiger partial charge in [0.2, 0.25) is 16.8 Å². The molecule has 0 unspecified atom stereocenters. The molecule has 0 bridgehead atoms. The number of rotatable bonds is 7. The number of piperazine rings is 1. The van der Waals surface area contributed by atoms with Crippen molar-refractivity contribution in [2.75, 3.05) is 51.4 Å². The van der Waals surface area contributed by atoms with Crippen LogP contribution in [0.1, 0.15) is 19.4 Å². The van der Waals surface area contributed by atoms with Gasteiger partial charge in [0.05, 0.1) is 4.90 Å². The van der Waals surface area contributed by atoms with E-state index in [4.69, 9.17) is 9.47 Å². The smallest absolute Gasteiger partial charge is 0.321 e. The summed E-state index contributed by atoms with van der Waals surface area (Å²) in [4.78, 5) is 16.3. The van der Waals surface area contributed by atoms with Crippen molar-refractivity contribution in [3.8, 4) is 11.5 Å². The molecule has 2 aliphatic heterocycles. The average Bonchev–Trinajstić information content (AvgIpc) is 3.28. The van der Waals surface area contributed by atoms with Gasteiger partial charge in [0.25, 0.3) is 0 Å². The van der Waals surface area contributed by atoms with Crippen LogP contribution in [0.4, 0.5) is 10.5 Å². The monoisotopic (exact) mass is 474 g/mol. The van der Waals surface area contributed by atoms with E-state index in [-0.39, 0.29) is 17.7 Å². The van der Waals surface area contributed by atoms with Crippen LogP contribution in [0.5, 0.6) is 11.5 Å². The molecule has 2 aromatic rings. The Balaban J connectivity index is 1.33. The highest BCUT2D eigenvalue weighted by Crippen LogP contribution is 2.33. The molecule has 10 heteroatoms. The molecule has 0 atom stereocenters. The molecule has 178 valence electrons. The van der Waals surface area contributed by atoms with E-state index in [9.17, 15) is 13.2 Å². The third-order valence-corrected chi connectivity index (χ3v) is 7.88. The van der Waals surface area contributed by atoms with Crippen LogP contribution in [-0.4, -0.2) is 74.6 Å². The number of carbonyl (C=O) groups is 1. The molecule has 4 rings (SSSR count). The van der Waals surface area contributed by atoms with Crippen LogP contribution in [0.3, 0.4) is 0 Å². The second-order valence-corrected chi connectivity index (χ2v) is 9.93. The first-order valence-corrected chi connectivity index (χ1v) is 12.6. The minimum Gasteiger partial charge on any atom is -0.454 e. The number of amides is 2. The summed E-state index contributed by atoms with van der Waals surface area (Å²) >= 11 is 0. The molecule has 9 nitrogen and oxygen atoms in total. The van der Waals surface area contributed by atoms with Crippen molar-refractivity contribution in [1.82, 2.24) is 14.1 Å². The summed E-state index contributed by atoms with van der Waals surface area (Å²) in [5.74, 6) is 1.51. The highest BCUT2D eigenvalue weighted by molar-refractivity contribution is 7.89. The molecular weight excluding hydrogens is 444 g/mol. The predicted octanol–water partition coefficient (Wildman–Crippen LogP) is 2.80. The summed E-state index contributed by atoms with van der Waals surface area (Å²) in [5, 5.41) is 2.80. The summed E-state index contributed by atoms with van der Waals surface area (Å²) in [7, 11) is -3.59. The number of hydrogen-bond donors (Lipinski definition) is 1. The van der Waals surface area contributed by atoms with Gasteiger partial charge in [-0.1, -0.05) is 6.07 Å². The maximum atomic E-state index is 13.1. The lowest BCUT2D eigenvalue weighted by Gasteiger charge is -2.34. The Morgan fingerprint density at radius 2 is 1.64 bits per heavy atom. The van der Waals surface area contributed by atoms with Crippen molar-refractivity contribution in [3.05, 3.63) is 48.0 Å². The van der Waals surface area contributed by atoms with E-state index in [1.165, 1.54) is 4.31 Å². The van der Waals surface area contributed by atoms with E-state index >= 15 is 0 Å². The first-order chi connectivity index (χ1) is 15.9. The number of sulfonamides is 1. The second kappa shape index (κ2) is 9.98. The fourth-order valence-electron chi connectivity index (χ4n) is 4.00. The number of fused-ring (bicyclic) bond motifs is 1. The number of nitrogens with one attached hydrogen (secondary N) is 1. The Morgan fingerprint density at radius 1 is 0.970 bits per heavy atom. The zero-order valence-corrected chi connectivity index (χ0v) is 19.8. The lowest BCUT2D eigenvalue weighted by Crippen LogP contribution is -2.48. The van der Waals surface area contributed by atoms with Crippen molar-refractivity contribution >= 4 is 21.7 Å². The van der Waals surface area contributed by atoms with Crippen LogP contribution >= 0.6 is 0 Å². The Bertz CT molecular complexity index is 1080. The number of benzene rings is 2. The summed E-state index contributed by atoms with van der Waals surface area (Å²) in [6, 6.07) is 12.1. The van der Waals surface area contributed by atoms with Gasteiger partial charge in [-0.25, -0.2) is 13.2 Å². The fraction of sp³-hybridized carbons (Fsp3) is 0.435. The first-order valence-electron chi connectivity index (χ1n) is 11.2. The second-order valence-electron chi connectivity index (χ2n) is 7.99. The van der Waals surface area contributed by atoms with Crippen LogP contribution in [0.15, 0.2) is 47.4 Å². The third-order valence-electron chi connectivity index (χ3n) is 5.97. The lowest BCUT2D eigenvalue weighted by molar-refractivity contribution is 0.173. The maximum absolute atomic E-state index is 13.1. The van der Waals surface area contributed by atoms with Gasteiger partial charge in [-0.3, -0.25) is 4.90 Å². The topological polar surface area (TPSA) is 91.4 Å². The summed E-state index contributed by atoms with van der Waals surface area (Å²) in [6.45, 7) is 8.15. The molecule has 2 amide bonds. The highest BCUT2D eigenvalue weighted by Gasteiger charge is 2.28. The SMILES string of the molecule is CCN(CC)C(=O)Nc1ccc(S(=O)(=O)N2CCN(Cc3ccc4c(c3)OCO4)CC2)cc1. The molecule has 0 saturated carbocycles. The minimum absolute atomic E-state index is 0.200. The Labute approximate surface area is 194 Å². The van der Waals surface area contributed by atoms with Crippen LogP contribution in [-0.2, 0) is 16.6 Å². The normalized spacial score (nSPS) is 16.5. The summed E-state index contributed by atoms with van der Waals surface area (Å²) < 4.78 is 38.5. The van der Waals surface area contributed by atoms with Gasteiger partial charge >= 0.3 is 6.03 Å². The zero-order chi connectivity index (χ0) is 23.4. The van der Waals surface area contributed by atoms with Gasteiger partial charge in [0.1, 0.15) is 0 Å². The van der Waals surface area contributed by atoms with Gasteiger partial charge in [0.15, 0.2) is 11.5 Å². The number of ether oxygens (including phenoxy) is 2. The van der Waals surface area contributed by atoms with Crippen molar-refractivity contribution in [2.45, 2.75) is 25.3 Å². The molecule has 0 radical (unpaired) electrons. The van der Waals surface area contributed by atoms with Gasteiger partial charge in [-0.15, -0.1) is 0 Å². The molecule has 2 aliphatic rings. The van der Waals surface area contributed by atoms with Crippen LogP contribution in [0.2, 0.25) is 0 Å². The number of nitrogens with zero attached hydrogens (tertiary/aromatic N) is 3. The van der Waals surface area contributed by atoms with Crippen LogP contribution in [0, 0.1) is 0 Å². The number of urea groups is 1. The molecule has 1 N–H and O–H groups in total. The van der Waals surface area contributed by atoms with Gasteiger partial charge in [-0.2, -0.15) is 4.31 Å². The van der Waals surface area contributed by atoms with Crippen molar-refractivity contribution in [2.24, 2.45) is 0 Å². The van der Waals surface area contributed by atoms with E-state index in [0.717, 1.165) is 23.6 Å². The highest BCUT2D eigenvalue weighted by atomic mass is 32.2. The number of anilines is 1. The molecule has 1 fully saturated rings. The van der Waals surface area contributed by atoms with Crippen LogP contribution in [0.25, 0.3) is 0 Å². The van der Waals surface area contributed by atoms with E-state index in [2.05, 4.69) is 10.2 Å². The standard InChI is InChI=1S/C23H30N4O5S/c1-3-26(4-2)23(28)24-19-6-8-20(9-7-19)33(29,30)27-13-11-25(12-14-27)16-18-5-10-21-22(15-18)32-17-31-21/h5-10,15H,3-4,11-14,16-17H2,1-2H3,(H,24,28). The zero-order valence-electron chi connectivity index (χ0n) is 19.0. The van der Waals surface area contributed by atoms with E-state index in [1.54, 1.807) is 29.2 Å². The van der Waals surface area contributed by atoms with Crippen molar-refractivity contribution < 1.29 is 22.7 Å². The minimum atomic E-state index is -3.59. The van der Waals surface area contributed by atoms with E-state index in [0.29, 0.717) is 45.0 Å². The molecule has 1 saturated heterocycles. The summed E-state index contributed by atoms with van der Waals surface area (Å²) in [5.41, 5.74) is 1.68. The Kier molecular flexibility index (Phi) is 7.06.